The Morgan fingerprint density at radius 3 is 2.63 bits per heavy atom. The number of piperazine rings is 1. The number of hydrogen-bond donors (Lipinski definition) is 1. The second-order valence-electron chi connectivity index (χ2n) is 7.71. The molecule has 1 N–H and O–H groups in total. The number of nitrogens with one attached hydrogen (secondary N) is 1. The Balaban J connectivity index is 0.000000216. The van der Waals surface area contributed by atoms with Gasteiger partial charge < -0.3 is 15.1 Å². The summed E-state index contributed by atoms with van der Waals surface area (Å²) in [7, 11) is 2.19. The van der Waals surface area contributed by atoms with Crippen LogP contribution in [0.2, 0.25) is 0 Å². The van der Waals surface area contributed by atoms with E-state index in [4.69, 9.17) is 0 Å². The van der Waals surface area contributed by atoms with Gasteiger partial charge in [0.15, 0.2) is 0 Å². The number of amides is 1. The summed E-state index contributed by atoms with van der Waals surface area (Å²) < 4.78 is 5.00. The van der Waals surface area contributed by atoms with Crippen molar-refractivity contribution >= 4 is 52.9 Å². The van der Waals surface area contributed by atoms with Crippen LogP contribution in [-0.4, -0.2) is 62.2 Å². The van der Waals surface area contributed by atoms with E-state index in [1.54, 1.807) is 0 Å². The molecule has 2 aliphatic heterocycles. The van der Waals surface area contributed by atoms with Gasteiger partial charge in [-0.05, 0) is 78.5 Å². The van der Waals surface area contributed by atoms with Gasteiger partial charge in [-0.2, -0.15) is 0 Å². The van der Waals surface area contributed by atoms with E-state index >= 15 is 0 Å². The average Bonchev–Trinajstić information content (AvgIpc) is 3.08. The molecule has 1 amide bonds. The fourth-order valence-corrected chi connectivity index (χ4v) is 4.80. The summed E-state index contributed by atoms with van der Waals surface area (Å²) in [6.07, 6.45) is 1.61. The third kappa shape index (κ3) is 6.54. The lowest BCUT2D eigenvalue weighted by molar-refractivity contribution is -0.115. The number of benzene rings is 2. The highest BCUT2D eigenvalue weighted by Gasteiger charge is 2.20. The van der Waals surface area contributed by atoms with Crippen LogP contribution < -0.4 is 5.32 Å². The molecule has 30 heavy (non-hydrogen) atoms. The molecular formula is C23H29IN4OS. The van der Waals surface area contributed by atoms with Crippen molar-refractivity contribution in [2.24, 2.45) is 4.40 Å². The Morgan fingerprint density at radius 1 is 1.20 bits per heavy atom. The van der Waals surface area contributed by atoms with E-state index in [0.29, 0.717) is 6.42 Å². The minimum absolute atomic E-state index is 0.118. The Hall–Kier alpha value is -1.42. The minimum atomic E-state index is 0.118. The molecule has 0 bridgehead atoms. The molecule has 1 saturated heterocycles. The molecule has 0 aromatic heterocycles. The summed E-state index contributed by atoms with van der Waals surface area (Å²) >= 11 is 3.80. The zero-order chi connectivity index (χ0) is 21.5. The highest BCUT2D eigenvalue weighted by molar-refractivity contribution is 14.1. The highest BCUT2D eigenvalue weighted by atomic mass is 127. The number of nitrogens with zero attached hydrogens (tertiary/aromatic N) is 3. The maximum absolute atomic E-state index is 11.4. The van der Waals surface area contributed by atoms with Gasteiger partial charge in [0, 0.05) is 58.8 Å². The van der Waals surface area contributed by atoms with Crippen LogP contribution in [0.15, 0.2) is 45.7 Å². The van der Waals surface area contributed by atoms with Crippen molar-refractivity contribution in [2.75, 3.05) is 45.1 Å². The molecule has 0 aliphatic carbocycles. The predicted molar refractivity (Wildman–Crippen MR) is 136 cm³/mol. The lowest BCUT2D eigenvalue weighted by Crippen LogP contribution is -2.45. The fourth-order valence-electron chi connectivity index (χ4n) is 3.57. The van der Waals surface area contributed by atoms with Crippen molar-refractivity contribution in [3.63, 3.8) is 0 Å². The molecule has 0 saturated carbocycles. The largest absolute Gasteiger partial charge is 0.325 e. The first-order valence-corrected chi connectivity index (χ1v) is 12.0. The van der Waals surface area contributed by atoms with Crippen LogP contribution in [0.4, 0.5) is 5.69 Å². The number of halogens is 1. The fraction of sp³-hybridized carbons (Fsp3) is 0.391. The third-order valence-electron chi connectivity index (χ3n) is 5.45. The topological polar surface area (TPSA) is 47.9 Å². The third-order valence-corrected chi connectivity index (χ3v) is 7.24. The molecule has 0 spiro atoms. The van der Waals surface area contributed by atoms with Crippen LogP contribution in [0.25, 0.3) is 0 Å². The Kier molecular flexibility index (Phi) is 8.73. The molecule has 0 atom stereocenters. The van der Waals surface area contributed by atoms with Gasteiger partial charge in [-0.15, -0.1) is 0 Å². The van der Waals surface area contributed by atoms with Crippen LogP contribution in [0, 0.1) is 10.5 Å². The summed E-state index contributed by atoms with van der Waals surface area (Å²) in [6.45, 7) is 11.3. The van der Waals surface area contributed by atoms with Crippen LogP contribution >= 0.6 is 34.5 Å². The van der Waals surface area contributed by atoms with Gasteiger partial charge in [0.1, 0.15) is 0 Å². The van der Waals surface area contributed by atoms with Crippen molar-refractivity contribution in [2.45, 2.75) is 24.7 Å². The molecule has 1 fully saturated rings. The monoisotopic (exact) mass is 536 g/mol. The molecule has 2 aromatic rings. The van der Waals surface area contributed by atoms with Crippen molar-refractivity contribution in [1.29, 1.82) is 0 Å². The number of fused-ring (bicyclic) bond motifs is 1. The smallest absolute Gasteiger partial charge is 0.228 e. The van der Waals surface area contributed by atoms with Crippen LogP contribution in [0.3, 0.4) is 0 Å². The van der Waals surface area contributed by atoms with Crippen LogP contribution in [0.5, 0.6) is 0 Å². The molecule has 2 heterocycles. The zero-order valence-corrected chi connectivity index (χ0v) is 20.6. The summed E-state index contributed by atoms with van der Waals surface area (Å²) in [6, 6.07) is 12.4. The number of carbonyl (C=O) groups is 1. The van der Waals surface area contributed by atoms with Gasteiger partial charge in [0.2, 0.25) is 5.91 Å². The molecule has 2 aromatic carbocycles. The molecule has 0 unspecified atom stereocenters. The molecule has 160 valence electrons. The Morgan fingerprint density at radius 2 is 1.93 bits per heavy atom. The molecule has 4 rings (SSSR count). The summed E-state index contributed by atoms with van der Waals surface area (Å²) in [5, 5.41) is 2.92. The summed E-state index contributed by atoms with van der Waals surface area (Å²) in [4.78, 5) is 17.5. The van der Waals surface area contributed by atoms with Crippen molar-refractivity contribution < 1.29 is 4.79 Å². The van der Waals surface area contributed by atoms with Gasteiger partial charge in [-0.3, -0.25) is 4.79 Å². The first kappa shape index (κ1) is 23.2. The van der Waals surface area contributed by atoms with E-state index in [2.05, 4.69) is 81.0 Å². The van der Waals surface area contributed by atoms with Crippen molar-refractivity contribution in [3.05, 3.63) is 56.7 Å². The Labute approximate surface area is 197 Å². The lowest BCUT2D eigenvalue weighted by Gasteiger charge is -2.32. The van der Waals surface area contributed by atoms with E-state index in [1.165, 1.54) is 44.6 Å². The van der Waals surface area contributed by atoms with Crippen LogP contribution in [-0.2, 0) is 17.6 Å². The van der Waals surface area contributed by atoms with Crippen molar-refractivity contribution in [3.8, 4) is 0 Å². The van der Waals surface area contributed by atoms with Gasteiger partial charge in [-0.1, -0.05) is 24.3 Å². The number of carbonyl (C=O) groups excluding carboxylic acids is 1. The van der Waals surface area contributed by atoms with Gasteiger partial charge in [-0.25, -0.2) is 4.40 Å². The Bertz CT molecular complexity index is 897. The minimum Gasteiger partial charge on any atom is -0.325 e. The summed E-state index contributed by atoms with van der Waals surface area (Å²) in [5.74, 6) is 0.118. The standard InChI is InChI=1S/C15H20IN3O.C8H9NS/c1-18-4-6-19(7-5-18)3-2-11-8-12-9-15(20)17-14(12)10-13(11)16;1-7-5-3-4-6-8(7)10-9-2/h8,10H,2-7,9H2,1H3,(H,17,20);3-6H,2H2,1H3. The van der Waals surface area contributed by atoms with E-state index in [1.807, 2.05) is 18.2 Å². The number of likely N-dealkylation sites (N-methyl/N-ethyl adjacent to an activating group) is 1. The number of hydrogen-bond acceptors (Lipinski definition) is 5. The first-order valence-electron chi connectivity index (χ1n) is 10.2. The second-order valence-corrected chi connectivity index (χ2v) is 9.75. The predicted octanol–water partition coefficient (Wildman–Crippen LogP) is 4.28. The first-order chi connectivity index (χ1) is 14.5. The molecule has 7 heteroatoms. The van der Waals surface area contributed by atoms with E-state index in [9.17, 15) is 4.79 Å². The number of rotatable bonds is 5. The second kappa shape index (κ2) is 11.3. The highest BCUT2D eigenvalue weighted by Crippen LogP contribution is 2.28. The molecule has 5 nitrogen and oxygen atoms in total. The maximum Gasteiger partial charge on any atom is 0.228 e. The van der Waals surface area contributed by atoms with Gasteiger partial charge >= 0.3 is 0 Å². The van der Waals surface area contributed by atoms with E-state index < -0.39 is 0 Å². The van der Waals surface area contributed by atoms with Crippen molar-refractivity contribution in [1.82, 2.24) is 9.80 Å². The number of anilines is 1. The SMILES string of the molecule is C=NSc1ccccc1C.CN1CCN(CCc2cc3c(cc2I)NC(=O)C3)CC1. The van der Waals surface area contributed by atoms with Gasteiger partial charge in [0.05, 0.1) is 6.42 Å². The number of aryl methyl sites for hydroxylation is 1. The summed E-state index contributed by atoms with van der Waals surface area (Å²) in [5.41, 5.74) is 4.78. The average molecular weight is 536 g/mol. The van der Waals surface area contributed by atoms with E-state index in [0.717, 1.165) is 37.3 Å². The molecular weight excluding hydrogens is 507 g/mol. The van der Waals surface area contributed by atoms with Crippen LogP contribution in [0.1, 0.15) is 16.7 Å². The lowest BCUT2D eigenvalue weighted by atomic mass is 10.1. The van der Waals surface area contributed by atoms with Gasteiger partial charge in [0.25, 0.3) is 0 Å². The molecule has 0 radical (unpaired) electrons. The maximum atomic E-state index is 11.4. The quantitative estimate of drug-likeness (QED) is 0.352. The van der Waals surface area contributed by atoms with E-state index in [-0.39, 0.29) is 5.91 Å². The molecule has 2 aliphatic rings. The zero-order valence-electron chi connectivity index (χ0n) is 17.7. The normalized spacial score (nSPS) is 16.4.